The quantitative estimate of drug-likeness (QED) is 0.876. The molecule has 0 aliphatic carbocycles. The molecule has 0 aliphatic heterocycles. The van der Waals surface area contributed by atoms with Crippen molar-refractivity contribution < 1.29 is 4.74 Å². The van der Waals surface area contributed by atoms with Crippen LogP contribution in [0.25, 0.3) is 0 Å². The molecule has 1 aromatic carbocycles. The molecular weight excluding hydrogens is 262 g/mol. The average molecular weight is 283 g/mol. The standard InChI is InChI=1S/C17H21N3O/c1-13(2)17-19-9-10-20(17)12-15-11-16(21-3)7-6-14(15)5-4-8-18/h6-7,9-11,13H,8,12,18H2,1-3H3. The fourth-order valence-corrected chi connectivity index (χ4v) is 2.23. The molecule has 1 aromatic heterocycles. The minimum Gasteiger partial charge on any atom is -0.497 e. The number of imidazole rings is 1. The van der Waals surface area contributed by atoms with E-state index in [0.717, 1.165) is 29.2 Å². The Morgan fingerprint density at radius 3 is 2.86 bits per heavy atom. The van der Waals surface area contributed by atoms with E-state index in [1.165, 1.54) is 0 Å². The highest BCUT2D eigenvalue weighted by Gasteiger charge is 2.10. The lowest BCUT2D eigenvalue weighted by Crippen LogP contribution is -2.07. The van der Waals surface area contributed by atoms with E-state index >= 15 is 0 Å². The summed E-state index contributed by atoms with van der Waals surface area (Å²) < 4.78 is 7.46. The Hall–Kier alpha value is -2.25. The maximum atomic E-state index is 5.47. The van der Waals surface area contributed by atoms with Crippen molar-refractivity contribution >= 4 is 0 Å². The van der Waals surface area contributed by atoms with Crippen LogP contribution in [0.4, 0.5) is 0 Å². The van der Waals surface area contributed by atoms with Crippen LogP contribution in [0.2, 0.25) is 0 Å². The molecule has 4 heteroatoms. The Bertz CT molecular complexity index is 662. The van der Waals surface area contributed by atoms with Crippen molar-refractivity contribution in [1.82, 2.24) is 9.55 Å². The van der Waals surface area contributed by atoms with Gasteiger partial charge in [-0.2, -0.15) is 0 Å². The number of methoxy groups -OCH3 is 1. The van der Waals surface area contributed by atoms with E-state index in [9.17, 15) is 0 Å². The number of nitrogens with zero attached hydrogens (tertiary/aromatic N) is 2. The molecule has 21 heavy (non-hydrogen) atoms. The summed E-state index contributed by atoms with van der Waals surface area (Å²) in [5, 5.41) is 0. The van der Waals surface area contributed by atoms with Gasteiger partial charge < -0.3 is 15.0 Å². The maximum Gasteiger partial charge on any atom is 0.119 e. The molecule has 2 N–H and O–H groups in total. The van der Waals surface area contributed by atoms with Gasteiger partial charge in [-0.05, 0) is 23.8 Å². The number of benzene rings is 1. The minimum atomic E-state index is 0.355. The Morgan fingerprint density at radius 2 is 2.19 bits per heavy atom. The average Bonchev–Trinajstić information content (AvgIpc) is 2.94. The molecule has 1 heterocycles. The van der Waals surface area contributed by atoms with Crippen molar-refractivity contribution in [2.45, 2.75) is 26.3 Å². The normalized spacial score (nSPS) is 10.3. The van der Waals surface area contributed by atoms with Crippen LogP contribution in [0.15, 0.2) is 30.6 Å². The van der Waals surface area contributed by atoms with Crippen LogP contribution in [0.3, 0.4) is 0 Å². The molecule has 0 atom stereocenters. The first-order valence-corrected chi connectivity index (χ1v) is 7.02. The van der Waals surface area contributed by atoms with Gasteiger partial charge in [0.1, 0.15) is 11.6 Å². The molecule has 0 fully saturated rings. The Kier molecular flexibility index (Phi) is 5.02. The Morgan fingerprint density at radius 1 is 1.38 bits per heavy atom. The first-order valence-electron chi connectivity index (χ1n) is 7.02. The SMILES string of the molecule is COc1ccc(C#CCN)c(Cn2ccnc2C(C)C)c1. The molecule has 0 radical (unpaired) electrons. The second kappa shape index (κ2) is 6.96. The van der Waals surface area contributed by atoms with Crippen LogP contribution in [0.1, 0.15) is 36.7 Å². The summed E-state index contributed by atoms with van der Waals surface area (Å²) in [5.41, 5.74) is 7.55. The van der Waals surface area contributed by atoms with Gasteiger partial charge in [0.05, 0.1) is 20.2 Å². The molecule has 0 bridgehead atoms. The van der Waals surface area contributed by atoms with E-state index in [1.54, 1.807) is 7.11 Å². The van der Waals surface area contributed by atoms with E-state index < -0.39 is 0 Å². The largest absolute Gasteiger partial charge is 0.497 e. The third-order valence-electron chi connectivity index (χ3n) is 3.24. The van der Waals surface area contributed by atoms with Gasteiger partial charge in [0, 0.05) is 23.9 Å². The van der Waals surface area contributed by atoms with Crippen LogP contribution < -0.4 is 10.5 Å². The van der Waals surface area contributed by atoms with Gasteiger partial charge in [0.2, 0.25) is 0 Å². The molecule has 2 aromatic rings. The summed E-state index contributed by atoms with van der Waals surface area (Å²) in [6, 6.07) is 5.91. The number of hydrogen-bond donors (Lipinski definition) is 1. The predicted molar refractivity (Wildman–Crippen MR) is 84.3 cm³/mol. The Labute approximate surface area is 125 Å². The van der Waals surface area contributed by atoms with E-state index in [0.29, 0.717) is 12.5 Å². The zero-order chi connectivity index (χ0) is 15.2. The number of ether oxygens (including phenoxy) is 1. The summed E-state index contributed by atoms with van der Waals surface area (Å²) in [6.45, 7) is 5.35. The van der Waals surface area contributed by atoms with Crippen LogP contribution in [-0.4, -0.2) is 23.2 Å². The highest BCUT2D eigenvalue weighted by Crippen LogP contribution is 2.20. The van der Waals surface area contributed by atoms with E-state index in [2.05, 4.69) is 35.2 Å². The zero-order valence-electron chi connectivity index (χ0n) is 12.8. The number of aromatic nitrogens is 2. The van der Waals surface area contributed by atoms with Crippen molar-refractivity contribution in [2.75, 3.05) is 13.7 Å². The topological polar surface area (TPSA) is 53.1 Å². The first-order chi connectivity index (χ1) is 10.2. The maximum absolute atomic E-state index is 5.47. The van der Waals surface area contributed by atoms with Gasteiger partial charge in [0.15, 0.2) is 0 Å². The van der Waals surface area contributed by atoms with Gasteiger partial charge in [-0.15, -0.1) is 0 Å². The Balaban J connectivity index is 2.38. The highest BCUT2D eigenvalue weighted by molar-refractivity contribution is 5.45. The van der Waals surface area contributed by atoms with Crippen LogP contribution in [0, 0.1) is 11.8 Å². The third-order valence-corrected chi connectivity index (χ3v) is 3.24. The van der Waals surface area contributed by atoms with Gasteiger partial charge >= 0.3 is 0 Å². The third kappa shape index (κ3) is 3.65. The molecule has 4 nitrogen and oxygen atoms in total. The number of hydrogen-bond acceptors (Lipinski definition) is 3. The second-order valence-corrected chi connectivity index (χ2v) is 5.10. The van der Waals surface area contributed by atoms with Crippen molar-refractivity contribution in [3.05, 3.63) is 47.5 Å². The zero-order valence-corrected chi connectivity index (χ0v) is 12.8. The van der Waals surface area contributed by atoms with Crippen LogP contribution in [0.5, 0.6) is 5.75 Å². The molecule has 2 rings (SSSR count). The lowest BCUT2D eigenvalue weighted by atomic mass is 10.1. The number of rotatable bonds is 4. The monoisotopic (exact) mass is 283 g/mol. The summed E-state index contributed by atoms with van der Waals surface area (Å²) in [6.07, 6.45) is 3.83. The summed E-state index contributed by atoms with van der Waals surface area (Å²) in [4.78, 5) is 4.42. The predicted octanol–water partition coefficient (Wildman–Crippen LogP) is 2.37. The second-order valence-electron chi connectivity index (χ2n) is 5.10. The van der Waals surface area contributed by atoms with Gasteiger partial charge in [0.25, 0.3) is 0 Å². The molecule has 110 valence electrons. The van der Waals surface area contributed by atoms with Crippen molar-refractivity contribution in [2.24, 2.45) is 5.73 Å². The lowest BCUT2D eigenvalue weighted by molar-refractivity contribution is 0.414. The van der Waals surface area contributed by atoms with Gasteiger partial charge in [-0.1, -0.05) is 25.7 Å². The van der Waals surface area contributed by atoms with E-state index in [-0.39, 0.29) is 0 Å². The smallest absolute Gasteiger partial charge is 0.119 e. The fourth-order valence-electron chi connectivity index (χ4n) is 2.23. The van der Waals surface area contributed by atoms with Gasteiger partial charge in [-0.25, -0.2) is 4.98 Å². The molecule has 0 amide bonds. The lowest BCUT2D eigenvalue weighted by Gasteiger charge is -2.13. The molecule has 0 aliphatic rings. The first kappa shape index (κ1) is 15.1. The number of nitrogens with two attached hydrogens (primary N) is 1. The molecule has 0 saturated heterocycles. The van der Waals surface area contributed by atoms with Crippen LogP contribution >= 0.6 is 0 Å². The van der Waals surface area contributed by atoms with Gasteiger partial charge in [-0.3, -0.25) is 0 Å². The summed E-state index contributed by atoms with van der Waals surface area (Å²) >= 11 is 0. The fraction of sp³-hybridized carbons (Fsp3) is 0.353. The molecule has 0 unspecified atom stereocenters. The molecule has 0 saturated carbocycles. The summed E-state index contributed by atoms with van der Waals surface area (Å²) in [7, 11) is 1.67. The van der Waals surface area contributed by atoms with Crippen molar-refractivity contribution in [3.8, 4) is 17.6 Å². The molecule has 0 spiro atoms. The van der Waals surface area contributed by atoms with Crippen molar-refractivity contribution in [1.29, 1.82) is 0 Å². The summed E-state index contributed by atoms with van der Waals surface area (Å²) in [5.74, 6) is 8.31. The van der Waals surface area contributed by atoms with E-state index in [1.807, 2.05) is 30.6 Å². The highest BCUT2D eigenvalue weighted by atomic mass is 16.5. The van der Waals surface area contributed by atoms with Crippen molar-refractivity contribution in [3.63, 3.8) is 0 Å². The van der Waals surface area contributed by atoms with E-state index in [4.69, 9.17) is 10.5 Å². The van der Waals surface area contributed by atoms with Crippen LogP contribution in [-0.2, 0) is 6.54 Å². The minimum absolute atomic E-state index is 0.355. The molecular formula is C17H21N3O.